The number of halogens is 2. The number of ether oxygens (including phenoxy) is 1. The van der Waals surface area contributed by atoms with Crippen LogP contribution < -0.4 is 10.5 Å². The number of imidazole rings is 1. The Morgan fingerprint density at radius 1 is 1.07 bits per heavy atom. The van der Waals surface area contributed by atoms with Gasteiger partial charge in [0.25, 0.3) is 0 Å². The van der Waals surface area contributed by atoms with Gasteiger partial charge in [-0.3, -0.25) is 9.51 Å². The summed E-state index contributed by atoms with van der Waals surface area (Å²) in [5.41, 5.74) is 7.46. The molecule has 1 N–H and O–H groups in total. The molecule has 8 rings (SSSR count). The lowest BCUT2D eigenvalue weighted by Crippen LogP contribution is -2.06. The topological polar surface area (TPSA) is 85.9 Å². The summed E-state index contributed by atoms with van der Waals surface area (Å²) in [7, 11) is 0. The van der Waals surface area contributed by atoms with Crippen molar-refractivity contribution in [3.63, 3.8) is 0 Å². The van der Waals surface area contributed by atoms with E-state index in [4.69, 9.17) is 25.8 Å². The van der Waals surface area contributed by atoms with Gasteiger partial charge in [-0.05, 0) is 78.6 Å². The highest BCUT2D eigenvalue weighted by Crippen LogP contribution is 2.50. The Kier molecular flexibility index (Phi) is 5.29. The van der Waals surface area contributed by atoms with E-state index in [9.17, 15) is 9.18 Å². The molecule has 0 atom stereocenters. The summed E-state index contributed by atoms with van der Waals surface area (Å²) in [6, 6.07) is 16.9. The van der Waals surface area contributed by atoms with E-state index in [2.05, 4.69) is 39.0 Å². The van der Waals surface area contributed by atoms with Gasteiger partial charge < -0.3 is 9.30 Å². The lowest BCUT2D eigenvalue weighted by Gasteiger charge is -2.17. The van der Waals surface area contributed by atoms with Crippen LogP contribution in [0.5, 0.6) is 5.75 Å². The fourth-order valence-corrected chi connectivity index (χ4v) is 6.10. The molecule has 40 heavy (non-hydrogen) atoms. The Morgan fingerprint density at radius 2 is 1.93 bits per heavy atom. The third-order valence-corrected chi connectivity index (χ3v) is 8.33. The van der Waals surface area contributed by atoms with Crippen LogP contribution in [0.25, 0.3) is 22.2 Å². The number of para-hydroxylation sites is 1. The summed E-state index contributed by atoms with van der Waals surface area (Å²) in [5.74, 6) is 1.63. The Hall–Kier alpha value is -4.17. The van der Waals surface area contributed by atoms with Crippen molar-refractivity contribution in [1.82, 2.24) is 19.7 Å². The van der Waals surface area contributed by atoms with Gasteiger partial charge in [0.2, 0.25) is 0 Å². The van der Waals surface area contributed by atoms with Gasteiger partial charge in [-0.15, -0.1) is 0 Å². The van der Waals surface area contributed by atoms with E-state index in [-0.39, 0.29) is 18.3 Å². The molecule has 2 aromatic heterocycles. The third kappa shape index (κ3) is 3.97. The second-order valence-corrected chi connectivity index (χ2v) is 11.3. The lowest BCUT2D eigenvalue weighted by atomic mass is 9.87. The van der Waals surface area contributed by atoms with E-state index >= 15 is 0 Å². The van der Waals surface area contributed by atoms with Crippen molar-refractivity contribution in [2.75, 3.05) is 0 Å². The molecular formula is C31H24ClFN4O3. The highest BCUT2D eigenvalue weighted by atomic mass is 35.5. The van der Waals surface area contributed by atoms with E-state index in [1.54, 1.807) is 6.07 Å². The molecule has 3 heterocycles. The van der Waals surface area contributed by atoms with Gasteiger partial charge in [-0.25, -0.2) is 14.2 Å². The molecule has 9 heteroatoms. The highest BCUT2D eigenvalue weighted by Gasteiger charge is 2.35. The number of H-pyrrole nitrogens is 1. The zero-order valence-electron chi connectivity index (χ0n) is 21.4. The third-order valence-electron chi connectivity index (χ3n) is 8.03. The van der Waals surface area contributed by atoms with Crippen LogP contribution in [0.2, 0.25) is 5.02 Å². The van der Waals surface area contributed by atoms with Gasteiger partial charge in [0.15, 0.2) is 5.82 Å². The van der Waals surface area contributed by atoms with Crippen LogP contribution in [0.4, 0.5) is 4.39 Å². The number of fused-ring (bicyclic) bond motifs is 3. The molecule has 0 saturated heterocycles. The molecule has 7 nitrogen and oxygen atoms in total. The SMILES string of the molecule is O=c1[nH]c(/C(=C2\c3ccc(Cn4c(C5CC5)nc5c(Cl)cccc54)cc3COc3cc(F)ccc32)C2CC2)no1. The quantitative estimate of drug-likeness (QED) is 0.261. The first-order chi connectivity index (χ1) is 19.5. The maximum Gasteiger partial charge on any atom is 0.439 e. The fourth-order valence-electron chi connectivity index (χ4n) is 5.89. The molecular weight excluding hydrogens is 531 g/mol. The number of aromatic amines is 1. The molecule has 0 amide bonds. The van der Waals surface area contributed by atoms with Crippen molar-refractivity contribution in [2.24, 2.45) is 5.92 Å². The summed E-state index contributed by atoms with van der Waals surface area (Å²) >= 11 is 6.51. The van der Waals surface area contributed by atoms with Gasteiger partial charge in [0.05, 0.1) is 10.5 Å². The van der Waals surface area contributed by atoms with Crippen molar-refractivity contribution < 1.29 is 13.7 Å². The summed E-state index contributed by atoms with van der Waals surface area (Å²) in [5, 5.41) is 4.70. The molecule has 1 aliphatic heterocycles. The number of aromatic nitrogens is 4. The van der Waals surface area contributed by atoms with Crippen LogP contribution >= 0.6 is 11.6 Å². The molecule has 0 unspecified atom stereocenters. The average Bonchev–Trinajstić information content (AvgIpc) is 3.88. The van der Waals surface area contributed by atoms with Gasteiger partial charge >= 0.3 is 5.76 Å². The van der Waals surface area contributed by atoms with Crippen LogP contribution in [0.1, 0.15) is 65.5 Å². The number of nitrogens with zero attached hydrogens (tertiary/aromatic N) is 3. The fraction of sp³-hybridized carbons (Fsp3) is 0.258. The minimum absolute atomic E-state index is 0.211. The average molecular weight is 555 g/mol. The number of nitrogens with one attached hydrogen (secondary N) is 1. The molecule has 3 aliphatic rings. The monoisotopic (exact) mass is 554 g/mol. The molecule has 2 fully saturated rings. The Morgan fingerprint density at radius 3 is 2.70 bits per heavy atom. The molecule has 5 aromatic rings. The van der Waals surface area contributed by atoms with Crippen LogP contribution in [0.3, 0.4) is 0 Å². The number of hydrogen-bond acceptors (Lipinski definition) is 5. The van der Waals surface area contributed by atoms with Crippen molar-refractivity contribution in [1.29, 1.82) is 0 Å². The maximum atomic E-state index is 14.3. The predicted molar refractivity (Wildman–Crippen MR) is 149 cm³/mol. The molecule has 0 radical (unpaired) electrons. The minimum atomic E-state index is -0.604. The smallest absolute Gasteiger partial charge is 0.439 e. The number of benzene rings is 3. The van der Waals surface area contributed by atoms with E-state index < -0.39 is 5.76 Å². The van der Waals surface area contributed by atoms with E-state index in [0.717, 1.165) is 75.9 Å². The summed E-state index contributed by atoms with van der Waals surface area (Å²) in [6.07, 6.45) is 4.21. The maximum absolute atomic E-state index is 14.3. The second kappa shape index (κ2) is 8.93. The number of allylic oxidation sites excluding steroid dienone is 1. The van der Waals surface area contributed by atoms with Crippen molar-refractivity contribution in [3.8, 4) is 5.75 Å². The van der Waals surface area contributed by atoms with E-state index in [1.807, 2.05) is 12.1 Å². The first kappa shape index (κ1) is 23.7. The molecule has 2 aliphatic carbocycles. The van der Waals surface area contributed by atoms with E-state index in [0.29, 0.717) is 29.1 Å². The number of hydrogen-bond donors (Lipinski definition) is 1. The van der Waals surface area contributed by atoms with Crippen LogP contribution in [0.15, 0.2) is 63.9 Å². The highest BCUT2D eigenvalue weighted by molar-refractivity contribution is 6.34. The molecule has 200 valence electrons. The Bertz CT molecular complexity index is 1910. The van der Waals surface area contributed by atoms with Crippen LogP contribution in [0, 0.1) is 11.7 Å². The van der Waals surface area contributed by atoms with Crippen molar-refractivity contribution in [3.05, 3.63) is 110 Å². The van der Waals surface area contributed by atoms with Crippen molar-refractivity contribution >= 4 is 33.8 Å². The normalized spacial score (nSPS) is 17.8. The summed E-state index contributed by atoms with van der Waals surface area (Å²) in [4.78, 5) is 19.6. The molecule has 0 bridgehead atoms. The molecule has 3 aromatic carbocycles. The van der Waals surface area contributed by atoms with Crippen LogP contribution in [-0.4, -0.2) is 19.7 Å². The largest absolute Gasteiger partial charge is 0.488 e. The van der Waals surface area contributed by atoms with Gasteiger partial charge in [-0.2, -0.15) is 0 Å². The Balaban J connectivity index is 1.29. The Labute approximate surface area is 233 Å². The lowest BCUT2D eigenvalue weighted by molar-refractivity contribution is 0.305. The van der Waals surface area contributed by atoms with Gasteiger partial charge in [0.1, 0.15) is 29.5 Å². The first-order valence-corrected chi connectivity index (χ1v) is 13.9. The van der Waals surface area contributed by atoms with Crippen LogP contribution in [-0.2, 0) is 13.2 Å². The van der Waals surface area contributed by atoms with Crippen molar-refractivity contribution in [2.45, 2.75) is 44.8 Å². The van der Waals surface area contributed by atoms with Gasteiger partial charge in [-0.1, -0.05) is 35.0 Å². The predicted octanol–water partition coefficient (Wildman–Crippen LogP) is 6.69. The zero-order valence-corrected chi connectivity index (χ0v) is 22.2. The van der Waals surface area contributed by atoms with Gasteiger partial charge in [0, 0.05) is 35.2 Å². The first-order valence-electron chi connectivity index (χ1n) is 13.5. The molecule has 2 saturated carbocycles. The second-order valence-electron chi connectivity index (χ2n) is 10.9. The standard InChI is InChI=1S/C31H24ClFN4O3/c32-23-2-1-3-24-28(23)34-30(18-7-8-18)37(24)14-16-4-10-21-19(12-16)15-39-25-13-20(33)9-11-22(25)27(21)26(17-5-6-17)29-35-31(38)40-36-29/h1-4,9-13,17-18H,5-8,14-15H2,(H,35,36,38)/b27-26+. The zero-order chi connectivity index (χ0) is 27.0. The summed E-state index contributed by atoms with van der Waals surface area (Å²) < 4.78 is 27.7. The van der Waals surface area contributed by atoms with E-state index in [1.165, 1.54) is 12.1 Å². The minimum Gasteiger partial charge on any atom is -0.488 e. The summed E-state index contributed by atoms with van der Waals surface area (Å²) in [6.45, 7) is 0.922. The number of rotatable bonds is 5. The molecule has 0 spiro atoms.